The summed E-state index contributed by atoms with van der Waals surface area (Å²) >= 11 is 6.03. The first kappa shape index (κ1) is 14.0. The van der Waals surface area contributed by atoms with Gasteiger partial charge in [-0.2, -0.15) is 0 Å². The minimum atomic E-state index is -0.135. The highest BCUT2D eigenvalue weighted by molar-refractivity contribution is 6.32. The van der Waals surface area contributed by atoms with E-state index in [1.54, 1.807) is 18.2 Å². The van der Waals surface area contributed by atoms with E-state index >= 15 is 0 Å². The van der Waals surface area contributed by atoms with E-state index in [1.807, 2.05) is 13.8 Å². The van der Waals surface area contributed by atoms with Gasteiger partial charge in [0.1, 0.15) is 5.75 Å². The third-order valence-electron chi connectivity index (χ3n) is 2.66. The minimum Gasteiger partial charge on any atom is -0.492 e. The van der Waals surface area contributed by atoms with Crippen LogP contribution >= 0.6 is 11.6 Å². The Morgan fingerprint density at radius 2 is 2.18 bits per heavy atom. The van der Waals surface area contributed by atoms with E-state index < -0.39 is 0 Å². The van der Waals surface area contributed by atoms with Gasteiger partial charge in [0.05, 0.1) is 11.6 Å². The molecular weight excluding hydrogens is 238 g/mol. The van der Waals surface area contributed by atoms with Crippen molar-refractivity contribution in [1.82, 2.24) is 0 Å². The molecule has 4 heteroatoms. The zero-order valence-electron chi connectivity index (χ0n) is 10.2. The topological polar surface area (TPSA) is 52.3 Å². The Balaban J connectivity index is 2.93. The zero-order valence-corrected chi connectivity index (χ0v) is 11.0. The molecule has 0 saturated carbocycles. The molecule has 0 amide bonds. The number of halogens is 1. The van der Waals surface area contributed by atoms with E-state index in [1.165, 1.54) is 0 Å². The summed E-state index contributed by atoms with van der Waals surface area (Å²) < 4.78 is 5.32. The lowest BCUT2D eigenvalue weighted by Crippen LogP contribution is -2.23. The van der Waals surface area contributed by atoms with Gasteiger partial charge in [-0.25, -0.2) is 0 Å². The first-order valence-corrected chi connectivity index (χ1v) is 6.18. The van der Waals surface area contributed by atoms with Crippen LogP contribution in [0.3, 0.4) is 0 Å². The number of hydrogen-bond acceptors (Lipinski definition) is 3. The van der Waals surface area contributed by atoms with Gasteiger partial charge in [-0.3, -0.25) is 4.79 Å². The summed E-state index contributed by atoms with van der Waals surface area (Å²) in [6.07, 6.45) is 0.736. The number of benzene rings is 1. The molecule has 0 aliphatic heterocycles. The Morgan fingerprint density at radius 1 is 1.47 bits per heavy atom. The fraction of sp³-hybridized carbons (Fsp3) is 0.462. The second kappa shape index (κ2) is 6.62. The van der Waals surface area contributed by atoms with Gasteiger partial charge in [0.15, 0.2) is 5.78 Å². The molecular formula is C13H18ClNO2. The summed E-state index contributed by atoms with van der Waals surface area (Å²) in [7, 11) is 0. The lowest BCUT2D eigenvalue weighted by Gasteiger charge is -2.12. The standard InChI is InChI=1S/C13H18ClNO2/c1-3-9(8-15)13(16)10-5-6-12(17-4-2)11(14)7-10/h5-7,9H,3-4,8,15H2,1-2H3. The summed E-state index contributed by atoms with van der Waals surface area (Å²) in [5.74, 6) is 0.510. The highest BCUT2D eigenvalue weighted by atomic mass is 35.5. The minimum absolute atomic E-state index is 0.0416. The van der Waals surface area contributed by atoms with Gasteiger partial charge in [0.2, 0.25) is 0 Å². The summed E-state index contributed by atoms with van der Waals surface area (Å²) in [5.41, 5.74) is 6.15. The Morgan fingerprint density at radius 3 is 2.65 bits per heavy atom. The van der Waals surface area contributed by atoms with Crippen LogP contribution in [0.5, 0.6) is 5.75 Å². The van der Waals surface area contributed by atoms with Crippen LogP contribution in [0.25, 0.3) is 0 Å². The molecule has 17 heavy (non-hydrogen) atoms. The van der Waals surface area contributed by atoms with Crippen molar-refractivity contribution in [2.24, 2.45) is 11.7 Å². The van der Waals surface area contributed by atoms with Gasteiger partial charge in [-0.15, -0.1) is 0 Å². The molecule has 2 N–H and O–H groups in total. The molecule has 3 nitrogen and oxygen atoms in total. The highest BCUT2D eigenvalue weighted by Crippen LogP contribution is 2.26. The van der Waals surface area contributed by atoms with E-state index in [0.29, 0.717) is 29.5 Å². The van der Waals surface area contributed by atoms with Crippen LogP contribution in [0.4, 0.5) is 0 Å². The molecule has 0 spiro atoms. The summed E-state index contributed by atoms with van der Waals surface area (Å²) in [6.45, 7) is 4.75. The SMILES string of the molecule is CCOc1ccc(C(=O)C(CC)CN)cc1Cl. The van der Waals surface area contributed by atoms with Gasteiger partial charge >= 0.3 is 0 Å². The number of nitrogens with two attached hydrogens (primary N) is 1. The van der Waals surface area contributed by atoms with Gasteiger partial charge in [0.25, 0.3) is 0 Å². The van der Waals surface area contributed by atoms with Crippen molar-refractivity contribution in [1.29, 1.82) is 0 Å². The zero-order chi connectivity index (χ0) is 12.8. The highest BCUT2D eigenvalue weighted by Gasteiger charge is 2.17. The summed E-state index contributed by atoms with van der Waals surface area (Å²) in [4.78, 5) is 12.0. The number of rotatable bonds is 6. The monoisotopic (exact) mass is 255 g/mol. The largest absolute Gasteiger partial charge is 0.492 e. The fourth-order valence-corrected chi connectivity index (χ4v) is 1.86. The molecule has 0 aromatic heterocycles. The first-order chi connectivity index (χ1) is 8.13. The van der Waals surface area contributed by atoms with Crippen molar-refractivity contribution in [3.05, 3.63) is 28.8 Å². The molecule has 1 unspecified atom stereocenters. The Hall–Kier alpha value is -1.06. The van der Waals surface area contributed by atoms with Gasteiger partial charge in [0, 0.05) is 18.0 Å². The number of Topliss-reactive ketones (excluding diaryl/α,β-unsaturated/α-hetero) is 1. The van der Waals surface area contributed by atoms with E-state index in [4.69, 9.17) is 22.1 Å². The van der Waals surface area contributed by atoms with E-state index in [-0.39, 0.29) is 11.7 Å². The van der Waals surface area contributed by atoms with E-state index in [9.17, 15) is 4.79 Å². The molecule has 0 bridgehead atoms. The average Bonchev–Trinajstić information content (AvgIpc) is 2.33. The maximum Gasteiger partial charge on any atom is 0.167 e. The molecule has 0 aliphatic carbocycles. The number of ether oxygens (including phenoxy) is 1. The van der Waals surface area contributed by atoms with Crippen molar-refractivity contribution in [2.75, 3.05) is 13.2 Å². The van der Waals surface area contributed by atoms with Crippen LogP contribution in [0.1, 0.15) is 30.6 Å². The van der Waals surface area contributed by atoms with Crippen LogP contribution in [-0.2, 0) is 0 Å². The molecule has 0 heterocycles. The fourth-order valence-electron chi connectivity index (χ4n) is 1.62. The van der Waals surface area contributed by atoms with Crippen LogP contribution in [0.15, 0.2) is 18.2 Å². The Kier molecular flexibility index (Phi) is 5.45. The van der Waals surface area contributed by atoms with Crippen LogP contribution in [-0.4, -0.2) is 18.9 Å². The first-order valence-electron chi connectivity index (χ1n) is 5.80. The third-order valence-corrected chi connectivity index (χ3v) is 2.96. The summed E-state index contributed by atoms with van der Waals surface area (Å²) in [5, 5.41) is 0.463. The summed E-state index contributed by atoms with van der Waals surface area (Å²) in [6, 6.07) is 5.10. The molecule has 1 aromatic rings. The maximum atomic E-state index is 12.0. The smallest absolute Gasteiger partial charge is 0.167 e. The maximum absolute atomic E-state index is 12.0. The van der Waals surface area contributed by atoms with Crippen molar-refractivity contribution < 1.29 is 9.53 Å². The molecule has 0 fully saturated rings. The average molecular weight is 256 g/mol. The Bertz CT molecular complexity index is 389. The van der Waals surface area contributed by atoms with Crippen molar-refractivity contribution in [3.63, 3.8) is 0 Å². The second-order valence-electron chi connectivity index (χ2n) is 3.78. The second-order valence-corrected chi connectivity index (χ2v) is 4.19. The molecule has 1 atom stereocenters. The normalized spacial score (nSPS) is 12.2. The molecule has 0 aliphatic rings. The molecule has 0 radical (unpaired) electrons. The third kappa shape index (κ3) is 3.45. The number of ketones is 1. The van der Waals surface area contributed by atoms with Crippen LogP contribution < -0.4 is 10.5 Å². The lowest BCUT2D eigenvalue weighted by molar-refractivity contribution is 0.0921. The van der Waals surface area contributed by atoms with E-state index in [0.717, 1.165) is 6.42 Å². The molecule has 1 rings (SSSR count). The van der Waals surface area contributed by atoms with E-state index in [2.05, 4.69) is 0 Å². The van der Waals surface area contributed by atoms with Crippen molar-refractivity contribution in [3.8, 4) is 5.75 Å². The van der Waals surface area contributed by atoms with Gasteiger partial charge in [-0.05, 0) is 31.5 Å². The quantitative estimate of drug-likeness (QED) is 0.796. The molecule has 94 valence electrons. The van der Waals surface area contributed by atoms with Crippen LogP contribution in [0, 0.1) is 5.92 Å². The van der Waals surface area contributed by atoms with Gasteiger partial charge < -0.3 is 10.5 Å². The molecule has 0 saturated heterocycles. The predicted octanol–water partition coefficient (Wildman–Crippen LogP) is 2.91. The lowest BCUT2D eigenvalue weighted by atomic mass is 9.95. The number of carbonyl (C=O) groups excluding carboxylic acids is 1. The van der Waals surface area contributed by atoms with Crippen LogP contribution in [0.2, 0.25) is 5.02 Å². The number of hydrogen-bond donors (Lipinski definition) is 1. The predicted molar refractivity (Wildman–Crippen MR) is 69.8 cm³/mol. The molecule has 1 aromatic carbocycles. The van der Waals surface area contributed by atoms with Crippen molar-refractivity contribution >= 4 is 17.4 Å². The Labute approximate surface area is 107 Å². The van der Waals surface area contributed by atoms with Gasteiger partial charge in [-0.1, -0.05) is 18.5 Å². The number of carbonyl (C=O) groups is 1. The van der Waals surface area contributed by atoms with Crippen molar-refractivity contribution in [2.45, 2.75) is 20.3 Å².